The molecule has 0 aromatic carbocycles. The minimum atomic E-state index is -5.12. The molecule has 0 aliphatic heterocycles. The van der Waals surface area contributed by atoms with Crippen LogP contribution in [0.5, 0.6) is 0 Å². The molecular weight excluding hydrogens is 486 g/mol. The van der Waals surface area contributed by atoms with E-state index in [1.54, 1.807) is 0 Å². The first kappa shape index (κ1) is 24.1. The Labute approximate surface area is 151 Å². The lowest BCUT2D eigenvalue weighted by Crippen LogP contribution is -2.28. The fraction of sp³-hybridized carbons (Fsp3) is 1.00. The lowest BCUT2D eigenvalue weighted by Gasteiger charge is -2.24. The highest BCUT2D eigenvalue weighted by atomic mass is 79.9. The van der Waals surface area contributed by atoms with E-state index in [9.17, 15) is 19.3 Å². The van der Waals surface area contributed by atoms with E-state index >= 15 is 0 Å². The van der Waals surface area contributed by atoms with Crippen molar-refractivity contribution in [3.05, 3.63) is 0 Å². The van der Waals surface area contributed by atoms with Crippen LogP contribution in [0, 0.1) is 0 Å². The lowest BCUT2D eigenvalue weighted by atomic mass is 10.1. The largest absolute Gasteiger partial charge is 0.483 e. The van der Waals surface area contributed by atoms with Crippen LogP contribution >= 0.6 is 47.5 Å². The molecule has 140 valence electrons. The minimum Gasteiger partial charge on any atom is -0.389 e. The summed E-state index contributed by atoms with van der Waals surface area (Å²) >= 11 is 6.16. The summed E-state index contributed by atoms with van der Waals surface area (Å²) in [5, 5.41) is 20.0. The van der Waals surface area contributed by atoms with Gasteiger partial charge >= 0.3 is 15.6 Å². The van der Waals surface area contributed by atoms with Gasteiger partial charge in [-0.3, -0.25) is 9.05 Å². The topological polar surface area (TPSA) is 143 Å². The Kier molecular flexibility index (Phi) is 10.2. The molecule has 13 heteroatoms. The highest BCUT2D eigenvalue weighted by molar-refractivity contribution is 9.09. The van der Waals surface area contributed by atoms with Gasteiger partial charge in [-0.2, -0.15) is 4.31 Å². The molecule has 0 aromatic heterocycles. The molecule has 0 rings (SSSR count). The number of phosphoric ester groups is 1. The summed E-state index contributed by atoms with van der Waals surface area (Å²) in [5.74, 6) is 0. The minimum absolute atomic E-state index is 0.0230. The second-order valence-corrected chi connectivity index (χ2v) is 9.61. The number of halogens is 2. The van der Waals surface area contributed by atoms with Crippen molar-refractivity contribution in [3.8, 4) is 0 Å². The van der Waals surface area contributed by atoms with Gasteiger partial charge in [-0.25, -0.2) is 9.13 Å². The van der Waals surface area contributed by atoms with Crippen molar-refractivity contribution < 1.29 is 42.5 Å². The maximum absolute atomic E-state index is 12.2. The molecule has 0 aliphatic rings. The van der Waals surface area contributed by atoms with E-state index in [4.69, 9.17) is 18.8 Å². The number of rotatable bonds is 12. The molecule has 0 aliphatic carbocycles. The van der Waals surface area contributed by atoms with Gasteiger partial charge < -0.3 is 20.0 Å². The molecule has 0 aromatic rings. The average Bonchev–Trinajstić information content (AvgIpc) is 2.36. The van der Waals surface area contributed by atoms with E-state index in [2.05, 4.69) is 36.2 Å². The third kappa shape index (κ3) is 12.2. The fourth-order valence-electron chi connectivity index (χ4n) is 1.10. The van der Waals surface area contributed by atoms with Crippen molar-refractivity contribution in [1.82, 2.24) is 0 Å². The van der Waals surface area contributed by atoms with E-state index in [-0.39, 0.29) is 36.7 Å². The smallest absolute Gasteiger partial charge is 0.389 e. The van der Waals surface area contributed by atoms with Gasteiger partial charge in [0.2, 0.25) is 0 Å². The molecule has 0 radical (unpaired) electrons. The van der Waals surface area contributed by atoms with Crippen molar-refractivity contribution in [2.45, 2.75) is 37.9 Å². The Morgan fingerprint density at radius 3 is 1.52 bits per heavy atom. The number of hydrogen-bond donors (Lipinski definition) is 4. The summed E-state index contributed by atoms with van der Waals surface area (Å²) in [6, 6.07) is 0. The van der Waals surface area contributed by atoms with Gasteiger partial charge in [0, 0.05) is 23.5 Å². The summed E-state index contributed by atoms with van der Waals surface area (Å²) in [6.45, 7) is 2.36. The van der Waals surface area contributed by atoms with E-state index in [0.717, 1.165) is 0 Å². The Balaban J connectivity index is 4.71. The first-order chi connectivity index (χ1) is 10.2. The Morgan fingerprint density at radius 2 is 1.26 bits per heavy atom. The van der Waals surface area contributed by atoms with Gasteiger partial charge in [0.15, 0.2) is 0 Å². The van der Waals surface area contributed by atoms with Crippen LogP contribution in [0.25, 0.3) is 0 Å². The number of hydrogen-bond acceptors (Lipinski definition) is 7. The van der Waals surface area contributed by atoms with Gasteiger partial charge in [-0.05, 0) is 13.8 Å². The first-order valence-corrected chi connectivity index (χ1v) is 11.7. The van der Waals surface area contributed by atoms with Crippen molar-refractivity contribution in [2.24, 2.45) is 0 Å². The predicted molar refractivity (Wildman–Crippen MR) is 90.7 cm³/mol. The standard InChI is InChI=1S/C10H22Br2O9P2/c1-9(13,7-11)3-5-19-23(18,21-22(15,16)17)20-6-4-10(2,14)8-12/h13-14H,3-8H2,1-2H3,(H2,15,16,17). The van der Waals surface area contributed by atoms with Crippen molar-refractivity contribution in [3.63, 3.8) is 0 Å². The number of phosphoric acid groups is 2. The van der Waals surface area contributed by atoms with Crippen LogP contribution in [0.15, 0.2) is 0 Å². The summed E-state index contributed by atoms with van der Waals surface area (Å²) in [5.41, 5.74) is -2.32. The molecule has 0 amide bonds. The molecule has 9 nitrogen and oxygen atoms in total. The molecule has 0 saturated heterocycles. The van der Waals surface area contributed by atoms with E-state index < -0.39 is 26.8 Å². The monoisotopic (exact) mass is 506 g/mol. The van der Waals surface area contributed by atoms with Crippen LogP contribution in [-0.2, 0) is 22.5 Å². The summed E-state index contributed by atoms with van der Waals surface area (Å²) in [6.07, 6.45) is 0.0461. The lowest BCUT2D eigenvalue weighted by molar-refractivity contribution is 0.0406. The van der Waals surface area contributed by atoms with Crippen LogP contribution < -0.4 is 0 Å². The molecule has 23 heavy (non-hydrogen) atoms. The third-order valence-corrected chi connectivity index (χ3v) is 7.63. The molecule has 2 unspecified atom stereocenters. The zero-order valence-electron chi connectivity index (χ0n) is 12.7. The summed E-state index contributed by atoms with van der Waals surface area (Å²) < 4.78 is 36.9. The molecule has 0 spiro atoms. The zero-order valence-corrected chi connectivity index (χ0v) is 17.7. The predicted octanol–water partition coefficient (Wildman–Crippen LogP) is 2.31. The van der Waals surface area contributed by atoms with Gasteiger partial charge in [0.05, 0.1) is 24.4 Å². The molecule has 0 fully saturated rings. The highest BCUT2D eigenvalue weighted by Crippen LogP contribution is 2.61. The molecule has 4 N–H and O–H groups in total. The number of alkyl halides is 2. The van der Waals surface area contributed by atoms with Crippen LogP contribution in [0.4, 0.5) is 0 Å². The molecule has 0 heterocycles. The fourth-order valence-corrected chi connectivity index (χ4v) is 3.79. The average molecular weight is 508 g/mol. The van der Waals surface area contributed by atoms with Gasteiger partial charge in [0.25, 0.3) is 0 Å². The molecule has 2 atom stereocenters. The number of aliphatic hydroxyl groups is 2. The van der Waals surface area contributed by atoms with Crippen LogP contribution in [0.2, 0.25) is 0 Å². The first-order valence-electron chi connectivity index (χ1n) is 6.47. The van der Waals surface area contributed by atoms with Gasteiger partial charge in [-0.15, -0.1) is 0 Å². The second kappa shape index (κ2) is 9.73. The Morgan fingerprint density at radius 1 is 0.913 bits per heavy atom. The van der Waals surface area contributed by atoms with E-state index in [1.807, 2.05) is 0 Å². The summed E-state index contributed by atoms with van der Waals surface area (Å²) in [4.78, 5) is 17.6. The molecule has 0 saturated carbocycles. The van der Waals surface area contributed by atoms with Crippen LogP contribution in [0.1, 0.15) is 26.7 Å². The summed E-state index contributed by atoms with van der Waals surface area (Å²) in [7, 11) is -9.67. The van der Waals surface area contributed by atoms with Crippen molar-refractivity contribution in [1.29, 1.82) is 0 Å². The normalized spacial score (nSPS) is 20.5. The Hall–Kier alpha value is 1.14. The van der Waals surface area contributed by atoms with E-state index in [1.165, 1.54) is 13.8 Å². The van der Waals surface area contributed by atoms with Crippen molar-refractivity contribution >= 4 is 47.5 Å². The molecule has 0 bridgehead atoms. The maximum atomic E-state index is 12.2. The zero-order chi connectivity index (χ0) is 18.4. The van der Waals surface area contributed by atoms with E-state index in [0.29, 0.717) is 0 Å². The Bertz CT molecular complexity index is 426. The maximum Gasteiger partial charge on any atom is 0.483 e. The SMILES string of the molecule is CC(O)(CBr)CCOP(=O)(OCCC(C)(O)CBr)OP(=O)(O)O. The third-order valence-electron chi connectivity index (χ3n) is 2.56. The van der Waals surface area contributed by atoms with Gasteiger partial charge in [-0.1, -0.05) is 31.9 Å². The highest BCUT2D eigenvalue weighted by Gasteiger charge is 2.37. The van der Waals surface area contributed by atoms with Crippen LogP contribution in [-0.4, -0.2) is 55.1 Å². The molecular formula is C10H22Br2O9P2. The van der Waals surface area contributed by atoms with Crippen molar-refractivity contribution in [2.75, 3.05) is 23.9 Å². The van der Waals surface area contributed by atoms with Crippen LogP contribution in [0.3, 0.4) is 0 Å². The second-order valence-electron chi connectivity index (χ2n) is 5.45. The quantitative estimate of drug-likeness (QED) is 0.231. The van der Waals surface area contributed by atoms with Gasteiger partial charge in [0.1, 0.15) is 0 Å².